The fourth-order valence-electron chi connectivity index (χ4n) is 2.89. The van der Waals surface area contributed by atoms with E-state index in [4.69, 9.17) is 0 Å². The van der Waals surface area contributed by atoms with E-state index >= 15 is 0 Å². The normalized spacial score (nSPS) is 17.2. The van der Waals surface area contributed by atoms with Crippen LogP contribution in [-0.2, 0) is 16.0 Å². The first-order chi connectivity index (χ1) is 11.6. The highest BCUT2D eigenvalue weighted by atomic mass is 19.1. The zero-order valence-electron chi connectivity index (χ0n) is 13.5. The third-order valence-electron chi connectivity index (χ3n) is 4.27. The number of anilines is 2. The monoisotopic (exact) mass is 326 g/mol. The molecule has 0 radical (unpaired) electrons. The van der Waals surface area contributed by atoms with Gasteiger partial charge >= 0.3 is 0 Å². The number of benzene rings is 2. The first-order valence-electron chi connectivity index (χ1n) is 8.05. The van der Waals surface area contributed by atoms with Gasteiger partial charge < -0.3 is 10.2 Å². The van der Waals surface area contributed by atoms with Crippen LogP contribution in [0.2, 0.25) is 0 Å². The Hall–Kier alpha value is -2.69. The molecule has 2 aromatic carbocycles. The maximum Gasteiger partial charge on any atom is 0.239 e. The van der Waals surface area contributed by atoms with Gasteiger partial charge in [0, 0.05) is 17.9 Å². The number of hydrogen-bond acceptors (Lipinski definition) is 2. The summed E-state index contributed by atoms with van der Waals surface area (Å²) < 4.78 is 13.2. The SMILES string of the molecule is CCc1ccc(N2CC[C@H](C(=O)Nc3cccc(F)c3)C2=O)cc1. The van der Waals surface area contributed by atoms with Gasteiger partial charge in [-0.2, -0.15) is 0 Å². The molecule has 1 heterocycles. The average molecular weight is 326 g/mol. The average Bonchev–Trinajstić information content (AvgIpc) is 2.96. The van der Waals surface area contributed by atoms with Crippen molar-refractivity contribution in [1.82, 2.24) is 0 Å². The number of carbonyl (C=O) groups is 2. The minimum Gasteiger partial charge on any atom is -0.325 e. The molecular formula is C19H19FN2O2. The molecule has 3 rings (SSSR count). The number of nitrogens with one attached hydrogen (secondary N) is 1. The second-order valence-electron chi connectivity index (χ2n) is 5.85. The summed E-state index contributed by atoms with van der Waals surface area (Å²) in [5.74, 6) is -1.77. The van der Waals surface area contributed by atoms with E-state index in [-0.39, 0.29) is 5.91 Å². The zero-order valence-corrected chi connectivity index (χ0v) is 13.5. The molecule has 24 heavy (non-hydrogen) atoms. The molecule has 1 atom stereocenters. The maximum atomic E-state index is 13.2. The first-order valence-corrected chi connectivity index (χ1v) is 8.05. The summed E-state index contributed by atoms with van der Waals surface area (Å²) in [6, 6.07) is 13.4. The maximum absolute atomic E-state index is 13.2. The lowest BCUT2D eigenvalue weighted by molar-refractivity contribution is -0.129. The van der Waals surface area contributed by atoms with Crippen molar-refractivity contribution in [3.05, 3.63) is 59.9 Å². The van der Waals surface area contributed by atoms with Crippen LogP contribution in [0.25, 0.3) is 0 Å². The number of rotatable bonds is 4. The van der Waals surface area contributed by atoms with Crippen molar-refractivity contribution in [3.63, 3.8) is 0 Å². The van der Waals surface area contributed by atoms with E-state index in [9.17, 15) is 14.0 Å². The fourth-order valence-corrected chi connectivity index (χ4v) is 2.89. The smallest absolute Gasteiger partial charge is 0.239 e. The van der Waals surface area contributed by atoms with Gasteiger partial charge in [-0.1, -0.05) is 25.1 Å². The lowest BCUT2D eigenvalue weighted by Gasteiger charge is -2.17. The molecule has 0 unspecified atom stereocenters. The first kappa shape index (κ1) is 16.2. The zero-order chi connectivity index (χ0) is 17.1. The molecule has 0 bridgehead atoms. The largest absolute Gasteiger partial charge is 0.325 e. The molecule has 0 aliphatic carbocycles. The molecule has 5 heteroatoms. The summed E-state index contributed by atoms with van der Waals surface area (Å²) in [4.78, 5) is 26.5. The summed E-state index contributed by atoms with van der Waals surface area (Å²) in [6.07, 6.45) is 1.39. The molecule has 0 aromatic heterocycles. The Morgan fingerprint density at radius 2 is 2.00 bits per heavy atom. The highest BCUT2D eigenvalue weighted by Gasteiger charge is 2.37. The van der Waals surface area contributed by atoms with Crippen LogP contribution < -0.4 is 10.2 Å². The third kappa shape index (κ3) is 3.30. The number of aryl methyl sites for hydroxylation is 1. The molecule has 1 aliphatic rings. The van der Waals surface area contributed by atoms with E-state index in [0.717, 1.165) is 12.1 Å². The number of carbonyl (C=O) groups excluding carboxylic acids is 2. The predicted octanol–water partition coefficient (Wildman–Crippen LogP) is 3.38. The van der Waals surface area contributed by atoms with Crippen molar-refractivity contribution >= 4 is 23.2 Å². The second kappa shape index (κ2) is 6.83. The number of hydrogen-bond donors (Lipinski definition) is 1. The molecule has 1 N–H and O–H groups in total. The highest BCUT2D eigenvalue weighted by Crippen LogP contribution is 2.26. The fraction of sp³-hybridized carbons (Fsp3) is 0.263. The van der Waals surface area contributed by atoms with Gasteiger partial charge in [0.1, 0.15) is 11.7 Å². The van der Waals surface area contributed by atoms with E-state index < -0.39 is 17.6 Å². The van der Waals surface area contributed by atoms with Gasteiger partial charge in [-0.3, -0.25) is 9.59 Å². The molecule has 2 amide bonds. The summed E-state index contributed by atoms with van der Waals surface area (Å²) in [6.45, 7) is 2.58. The van der Waals surface area contributed by atoms with Crippen molar-refractivity contribution < 1.29 is 14.0 Å². The van der Waals surface area contributed by atoms with E-state index in [1.165, 1.54) is 23.8 Å². The molecule has 1 fully saturated rings. The standard InChI is InChI=1S/C19H19FN2O2/c1-2-13-6-8-16(9-7-13)22-11-10-17(19(22)24)18(23)21-15-5-3-4-14(20)12-15/h3-9,12,17H,2,10-11H2,1H3,(H,21,23)/t17-/m1/s1. The van der Waals surface area contributed by atoms with Gasteiger partial charge in [0.25, 0.3) is 0 Å². The van der Waals surface area contributed by atoms with E-state index in [0.29, 0.717) is 18.7 Å². The van der Waals surface area contributed by atoms with Gasteiger partial charge in [-0.25, -0.2) is 4.39 Å². The lowest BCUT2D eigenvalue weighted by atomic mass is 10.1. The van der Waals surface area contributed by atoms with Crippen LogP contribution in [0, 0.1) is 11.7 Å². The van der Waals surface area contributed by atoms with Crippen LogP contribution in [0.3, 0.4) is 0 Å². The van der Waals surface area contributed by atoms with Crippen LogP contribution in [0.1, 0.15) is 18.9 Å². The van der Waals surface area contributed by atoms with E-state index in [1.54, 1.807) is 11.0 Å². The number of amides is 2. The number of nitrogens with zero attached hydrogens (tertiary/aromatic N) is 1. The van der Waals surface area contributed by atoms with Crippen LogP contribution >= 0.6 is 0 Å². The van der Waals surface area contributed by atoms with Crippen LogP contribution in [0.15, 0.2) is 48.5 Å². The molecule has 0 spiro atoms. The Bertz CT molecular complexity index is 758. The van der Waals surface area contributed by atoms with Gasteiger partial charge in [0.15, 0.2) is 0 Å². The summed E-state index contributed by atoms with van der Waals surface area (Å²) in [5, 5.41) is 2.62. The Balaban J connectivity index is 1.69. The van der Waals surface area contributed by atoms with Crippen LogP contribution in [-0.4, -0.2) is 18.4 Å². The predicted molar refractivity (Wildman–Crippen MR) is 91.3 cm³/mol. The molecule has 4 nitrogen and oxygen atoms in total. The van der Waals surface area contributed by atoms with Gasteiger partial charge in [-0.05, 0) is 48.7 Å². The van der Waals surface area contributed by atoms with Crippen LogP contribution in [0.5, 0.6) is 0 Å². The van der Waals surface area contributed by atoms with Crippen LogP contribution in [0.4, 0.5) is 15.8 Å². The summed E-state index contributed by atoms with van der Waals surface area (Å²) in [5.41, 5.74) is 2.36. The second-order valence-corrected chi connectivity index (χ2v) is 5.85. The molecule has 1 aliphatic heterocycles. The van der Waals surface area contributed by atoms with E-state index in [1.807, 2.05) is 24.3 Å². The summed E-state index contributed by atoms with van der Waals surface area (Å²) in [7, 11) is 0. The Labute approximate surface area is 140 Å². The molecule has 1 saturated heterocycles. The highest BCUT2D eigenvalue weighted by molar-refractivity contribution is 6.13. The molecular weight excluding hydrogens is 307 g/mol. The van der Waals surface area contributed by atoms with Crippen molar-refractivity contribution in [3.8, 4) is 0 Å². The molecule has 124 valence electrons. The Kier molecular flexibility index (Phi) is 4.60. The lowest BCUT2D eigenvalue weighted by Crippen LogP contribution is -2.33. The van der Waals surface area contributed by atoms with Gasteiger partial charge in [0.05, 0.1) is 0 Å². The van der Waals surface area contributed by atoms with Crippen molar-refractivity contribution in [2.24, 2.45) is 5.92 Å². The minimum atomic E-state index is -0.737. The summed E-state index contributed by atoms with van der Waals surface area (Å²) >= 11 is 0. The third-order valence-corrected chi connectivity index (χ3v) is 4.27. The topological polar surface area (TPSA) is 49.4 Å². The molecule has 2 aromatic rings. The van der Waals surface area contributed by atoms with E-state index in [2.05, 4.69) is 12.2 Å². The van der Waals surface area contributed by atoms with Crippen molar-refractivity contribution in [1.29, 1.82) is 0 Å². The van der Waals surface area contributed by atoms with Crippen molar-refractivity contribution in [2.45, 2.75) is 19.8 Å². The number of halogens is 1. The quantitative estimate of drug-likeness (QED) is 0.876. The van der Waals surface area contributed by atoms with Crippen molar-refractivity contribution in [2.75, 3.05) is 16.8 Å². The van der Waals surface area contributed by atoms with Gasteiger partial charge in [0.2, 0.25) is 11.8 Å². The molecule has 0 saturated carbocycles. The minimum absolute atomic E-state index is 0.215. The Morgan fingerprint density at radius 3 is 2.67 bits per heavy atom. The van der Waals surface area contributed by atoms with Gasteiger partial charge in [-0.15, -0.1) is 0 Å². The Morgan fingerprint density at radius 1 is 1.25 bits per heavy atom.